The number of piperazine rings is 1. The molecule has 6 heteroatoms. The van der Waals surface area contributed by atoms with Crippen LogP contribution in [0.4, 0.5) is 0 Å². The number of hydrogen-bond acceptors (Lipinski definition) is 4. The topological polar surface area (TPSA) is 70.2 Å². The highest BCUT2D eigenvalue weighted by Crippen LogP contribution is 2.28. The molecule has 126 valence electrons. The number of aromatic nitrogens is 2. The standard InChI is InChI=1S/C18H22N4O2/c1-24-16-8-3-2-5-12(16)15-11-22(10-9-19-15)18(23)17-13-6-4-7-14(13)20-21-17/h2-3,5,8,15,19H,4,6-7,9-11H2,1H3,(H,20,21). The van der Waals surface area contributed by atoms with Gasteiger partial charge in [-0.15, -0.1) is 0 Å². The van der Waals surface area contributed by atoms with Crippen LogP contribution in [-0.2, 0) is 12.8 Å². The summed E-state index contributed by atoms with van der Waals surface area (Å²) in [5, 5.41) is 10.8. The molecule has 2 N–H and O–H groups in total. The van der Waals surface area contributed by atoms with E-state index in [-0.39, 0.29) is 11.9 Å². The summed E-state index contributed by atoms with van der Waals surface area (Å²) in [5.74, 6) is 0.890. The molecule has 2 aromatic rings. The summed E-state index contributed by atoms with van der Waals surface area (Å²) in [4.78, 5) is 14.8. The summed E-state index contributed by atoms with van der Waals surface area (Å²) in [7, 11) is 1.68. The first kappa shape index (κ1) is 15.2. The second kappa shape index (κ2) is 6.28. The minimum atomic E-state index is 0.0378. The zero-order valence-electron chi connectivity index (χ0n) is 13.8. The largest absolute Gasteiger partial charge is 0.496 e. The Morgan fingerprint density at radius 3 is 3.08 bits per heavy atom. The average molecular weight is 326 g/mol. The van der Waals surface area contributed by atoms with E-state index in [1.54, 1.807) is 7.11 Å². The van der Waals surface area contributed by atoms with E-state index in [0.29, 0.717) is 18.8 Å². The number of rotatable bonds is 3. The molecular formula is C18H22N4O2. The van der Waals surface area contributed by atoms with Crippen molar-refractivity contribution in [3.05, 3.63) is 46.8 Å². The number of benzene rings is 1. The Bertz CT molecular complexity index is 755. The van der Waals surface area contributed by atoms with Gasteiger partial charge < -0.3 is 15.0 Å². The van der Waals surface area contributed by atoms with Crippen LogP contribution in [0, 0.1) is 0 Å². The van der Waals surface area contributed by atoms with E-state index in [4.69, 9.17) is 4.74 Å². The van der Waals surface area contributed by atoms with Crippen LogP contribution in [0.1, 0.15) is 39.8 Å². The monoisotopic (exact) mass is 326 g/mol. The van der Waals surface area contributed by atoms with Crippen LogP contribution in [0.2, 0.25) is 0 Å². The second-order valence-electron chi connectivity index (χ2n) is 6.38. The maximum Gasteiger partial charge on any atom is 0.274 e. The molecule has 24 heavy (non-hydrogen) atoms. The van der Waals surface area contributed by atoms with Gasteiger partial charge in [0.1, 0.15) is 5.75 Å². The van der Waals surface area contributed by atoms with Gasteiger partial charge in [0.2, 0.25) is 0 Å². The zero-order chi connectivity index (χ0) is 16.5. The van der Waals surface area contributed by atoms with Crippen molar-refractivity contribution in [3.8, 4) is 5.75 Å². The molecule has 1 aliphatic heterocycles. The van der Waals surface area contributed by atoms with Crippen LogP contribution in [0.3, 0.4) is 0 Å². The lowest BCUT2D eigenvalue weighted by Gasteiger charge is -2.34. The Morgan fingerprint density at radius 2 is 2.21 bits per heavy atom. The molecule has 2 aliphatic rings. The number of carbonyl (C=O) groups is 1. The van der Waals surface area contributed by atoms with E-state index >= 15 is 0 Å². The lowest BCUT2D eigenvalue weighted by Crippen LogP contribution is -2.48. The molecule has 1 atom stereocenters. The van der Waals surface area contributed by atoms with Gasteiger partial charge in [0.15, 0.2) is 5.69 Å². The molecule has 1 aromatic carbocycles. The molecule has 0 bridgehead atoms. The third-order valence-corrected chi connectivity index (χ3v) is 4.99. The molecular weight excluding hydrogens is 304 g/mol. The van der Waals surface area contributed by atoms with Gasteiger partial charge in [-0.25, -0.2) is 0 Å². The van der Waals surface area contributed by atoms with E-state index in [1.165, 1.54) is 0 Å². The summed E-state index contributed by atoms with van der Waals surface area (Å²) in [6.45, 7) is 2.09. The highest BCUT2D eigenvalue weighted by molar-refractivity contribution is 5.94. The fourth-order valence-corrected chi connectivity index (χ4v) is 3.74. The quantitative estimate of drug-likeness (QED) is 0.900. The van der Waals surface area contributed by atoms with Crippen molar-refractivity contribution < 1.29 is 9.53 Å². The molecule has 1 aliphatic carbocycles. The molecule has 0 spiro atoms. The van der Waals surface area contributed by atoms with Crippen LogP contribution in [0.25, 0.3) is 0 Å². The number of ether oxygens (including phenoxy) is 1. The predicted molar refractivity (Wildman–Crippen MR) is 90.3 cm³/mol. The van der Waals surface area contributed by atoms with Crippen LogP contribution in [0.15, 0.2) is 24.3 Å². The summed E-state index contributed by atoms with van der Waals surface area (Å²) in [6.07, 6.45) is 3.06. The van der Waals surface area contributed by atoms with Crippen molar-refractivity contribution in [2.45, 2.75) is 25.3 Å². The minimum absolute atomic E-state index is 0.0378. The van der Waals surface area contributed by atoms with Gasteiger partial charge in [-0.2, -0.15) is 5.10 Å². The number of methoxy groups -OCH3 is 1. The number of H-pyrrole nitrogens is 1. The van der Waals surface area contributed by atoms with Gasteiger partial charge in [0, 0.05) is 36.5 Å². The fourth-order valence-electron chi connectivity index (χ4n) is 3.74. The van der Waals surface area contributed by atoms with Crippen molar-refractivity contribution in [1.82, 2.24) is 20.4 Å². The van der Waals surface area contributed by atoms with Crippen molar-refractivity contribution in [3.63, 3.8) is 0 Å². The molecule has 1 fully saturated rings. The lowest BCUT2D eigenvalue weighted by molar-refractivity contribution is 0.0695. The smallest absolute Gasteiger partial charge is 0.274 e. The van der Waals surface area contributed by atoms with E-state index in [9.17, 15) is 4.79 Å². The maximum atomic E-state index is 12.9. The molecule has 6 nitrogen and oxygen atoms in total. The number of para-hydroxylation sites is 1. The van der Waals surface area contributed by atoms with Crippen molar-refractivity contribution in [2.24, 2.45) is 0 Å². The molecule has 4 rings (SSSR count). The van der Waals surface area contributed by atoms with Gasteiger partial charge in [0.25, 0.3) is 5.91 Å². The van der Waals surface area contributed by atoms with E-state index < -0.39 is 0 Å². The van der Waals surface area contributed by atoms with Crippen LogP contribution in [-0.4, -0.2) is 47.7 Å². The molecule has 1 saturated heterocycles. The zero-order valence-corrected chi connectivity index (χ0v) is 13.8. The summed E-state index contributed by atoms with van der Waals surface area (Å²) in [6, 6.07) is 8.04. The Hall–Kier alpha value is -2.34. The first-order valence-electron chi connectivity index (χ1n) is 8.49. The summed E-state index contributed by atoms with van der Waals surface area (Å²) in [5.41, 5.74) is 3.95. The second-order valence-corrected chi connectivity index (χ2v) is 6.38. The number of hydrogen-bond donors (Lipinski definition) is 2. The number of aryl methyl sites for hydroxylation is 1. The normalized spacial score (nSPS) is 20.0. The molecule has 1 amide bonds. The van der Waals surface area contributed by atoms with E-state index in [2.05, 4.69) is 21.6 Å². The first-order chi connectivity index (χ1) is 11.8. The Labute approximate surface area is 141 Å². The van der Waals surface area contributed by atoms with Gasteiger partial charge in [0.05, 0.1) is 13.2 Å². The molecule has 1 unspecified atom stereocenters. The molecule has 1 aromatic heterocycles. The van der Waals surface area contributed by atoms with Crippen LogP contribution in [0.5, 0.6) is 5.75 Å². The Morgan fingerprint density at radius 1 is 1.33 bits per heavy atom. The Balaban J connectivity index is 1.55. The van der Waals surface area contributed by atoms with Gasteiger partial charge in [-0.1, -0.05) is 18.2 Å². The number of amides is 1. The molecule has 2 heterocycles. The summed E-state index contributed by atoms with van der Waals surface area (Å²) >= 11 is 0. The lowest BCUT2D eigenvalue weighted by atomic mass is 10.0. The molecule has 0 saturated carbocycles. The maximum absolute atomic E-state index is 12.9. The average Bonchev–Trinajstić information content (AvgIpc) is 3.25. The van der Waals surface area contributed by atoms with Crippen molar-refractivity contribution in [1.29, 1.82) is 0 Å². The SMILES string of the molecule is COc1ccccc1C1CN(C(=O)c2n[nH]c3c2CCC3)CCN1. The van der Waals surface area contributed by atoms with E-state index in [0.717, 1.165) is 48.4 Å². The molecule has 0 radical (unpaired) electrons. The number of fused-ring (bicyclic) bond motifs is 1. The number of carbonyl (C=O) groups excluding carboxylic acids is 1. The Kier molecular flexibility index (Phi) is 3.98. The third kappa shape index (κ3) is 2.57. The number of aromatic amines is 1. The van der Waals surface area contributed by atoms with Gasteiger partial charge in [-0.05, 0) is 25.3 Å². The van der Waals surface area contributed by atoms with Crippen molar-refractivity contribution >= 4 is 5.91 Å². The van der Waals surface area contributed by atoms with Gasteiger partial charge >= 0.3 is 0 Å². The van der Waals surface area contributed by atoms with Crippen molar-refractivity contribution in [2.75, 3.05) is 26.7 Å². The van der Waals surface area contributed by atoms with Crippen LogP contribution < -0.4 is 10.1 Å². The number of nitrogens with one attached hydrogen (secondary N) is 2. The van der Waals surface area contributed by atoms with Crippen LogP contribution >= 0.6 is 0 Å². The first-order valence-corrected chi connectivity index (χ1v) is 8.49. The predicted octanol–water partition coefficient (Wildman–Crippen LogP) is 1.69. The highest BCUT2D eigenvalue weighted by atomic mass is 16.5. The minimum Gasteiger partial charge on any atom is -0.496 e. The van der Waals surface area contributed by atoms with E-state index in [1.807, 2.05) is 23.1 Å². The summed E-state index contributed by atoms with van der Waals surface area (Å²) < 4.78 is 5.47. The highest BCUT2D eigenvalue weighted by Gasteiger charge is 2.30. The fraction of sp³-hybridized carbons (Fsp3) is 0.444. The van der Waals surface area contributed by atoms with Gasteiger partial charge in [-0.3, -0.25) is 9.89 Å². The number of nitrogens with zero attached hydrogens (tertiary/aromatic N) is 2. The third-order valence-electron chi connectivity index (χ3n) is 4.99.